The second-order valence-electron chi connectivity index (χ2n) is 6.07. The fourth-order valence-electron chi connectivity index (χ4n) is 2.85. The predicted octanol–water partition coefficient (Wildman–Crippen LogP) is 2.32. The van der Waals surface area contributed by atoms with Crippen molar-refractivity contribution in [2.45, 2.75) is 6.92 Å². The van der Waals surface area contributed by atoms with Crippen LogP contribution in [0.5, 0.6) is 0 Å². The molecule has 0 radical (unpaired) electrons. The van der Waals surface area contributed by atoms with E-state index in [0.717, 1.165) is 5.56 Å². The minimum absolute atomic E-state index is 0.0932. The zero-order valence-corrected chi connectivity index (χ0v) is 14.2. The number of amides is 1. The smallest absolute Gasteiger partial charge is 0.332 e. The Morgan fingerprint density at radius 2 is 1.89 bits per heavy atom. The maximum Gasteiger partial charge on any atom is 0.332 e. The number of carbonyl (C=O) groups excluding carboxylic acids is 1. The first-order valence-corrected chi connectivity index (χ1v) is 8.09. The van der Waals surface area contributed by atoms with Crippen LogP contribution in [0.25, 0.3) is 28.2 Å². The Morgan fingerprint density at radius 1 is 1.15 bits per heavy atom. The van der Waals surface area contributed by atoms with Crippen molar-refractivity contribution in [2.24, 2.45) is 5.73 Å². The van der Waals surface area contributed by atoms with Crippen molar-refractivity contribution in [2.75, 3.05) is 0 Å². The molecule has 0 fully saturated rings. The van der Waals surface area contributed by atoms with E-state index in [1.165, 1.54) is 22.8 Å². The molecule has 27 heavy (non-hydrogen) atoms. The zero-order valence-electron chi connectivity index (χ0n) is 14.2. The van der Waals surface area contributed by atoms with E-state index in [4.69, 9.17) is 5.73 Å². The number of aromatic amines is 1. The highest BCUT2D eigenvalue weighted by atomic mass is 19.1. The fraction of sp³-hybridized carbons (Fsp3) is 0.0526. The Hall–Kier alpha value is -3.81. The van der Waals surface area contributed by atoms with E-state index in [1.807, 2.05) is 19.1 Å². The molecule has 2 heterocycles. The van der Waals surface area contributed by atoms with Gasteiger partial charge in [-0.1, -0.05) is 29.8 Å². The van der Waals surface area contributed by atoms with Gasteiger partial charge < -0.3 is 10.7 Å². The SMILES string of the molecule is Cc1ccc(-n2c(=O)[nH]c3c(C(N)=O)nc(-c4cccc(F)c4)nc32)cc1. The second-order valence-corrected chi connectivity index (χ2v) is 6.07. The third kappa shape index (κ3) is 2.86. The van der Waals surface area contributed by atoms with Crippen LogP contribution in [0.3, 0.4) is 0 Å². The highest BCUT2D eigenvalue weighted by Crippen LogP contribution is 2.22. The van der Waals surface area contributed by atoms with Crippen LogP contribution in [0.2, 0.25) is 0 Å². The van der Waals surface area contributed by atoms with Gasteiger partial charge in [-0.25, -0.2) is 23.7 Å². The number of benzene rings is 2. The lowest BCUT2D eigenvalue weighted by Crippen LogP contribution is -2.15. The minimum Gasteiger partial charge on any atom is -0.364 e. The monoisotopic (exact) mass is 363 g/mol. The number of hydrogen-bond donors (Lipinski definition) is 2. The summed E-state index contributed by atoms with van der Waals surface area (Å²) in [5, 5.41) is 0. The van der Waals surface area contributed by atoms with E-state index >= 15 is 0 Å². The lowest BCUT2D eigenvalue weighted by Gasteiger charge is -2.07. The Morgan fingerprint density at radius 3 is 2.56 bits per heavy atom. The number of imidazole rings is 1. The summed E-state index contributed by atoms with van der Waals surface area (Å²) in [5.74, 6) is -1.20. The lowest BCUT2D eigenvalue weighted by atomic mass is 10.2. The topological polar surface area (TPSA) is 107 Å². The molecule has 3 N–H and O–H groups in total. The van der Waals surface area contributed by atoms with Crippen molar-refractivity contribution in [1.82, 2.24) is 19.5 Å². The number of rotatable bonds is 3. The highest BCUT2D eigenvalue weighted by molar-refractivity contribution is 6.02. The molecule has 134 valence electrons. The van der Waals surface area contributed by atoms with Gasteiger partial charge in [0, 0.05) is 5.56 Å². The molecule has 0 aliphatic carbocycles. The average Bonchev–Trinajstić information content (AvgIpc) is 2.97. The van der Waals surface area contributed by atoms with Crippen molar-refractivity contribution < 1.29 is 9.18 Å². The molecule has 4 rings (SSSR count). The van der Waals surface area contributed by atoms with Gasteiger partial charge in [-0.3, -0.25) is 4.79 Å². The van der Waals surface area contributed by atoms with Crippen LogP contribution in [0.4, 0.5) is 4.39 Å². The predicted molar refractivity (Wildman–Crippen MR) is 98.1 cm³/mol. The van der Waals surface area contributed by atoms with E-state index in [1.54, 1.807) is 18.2 Å². The van der Waals surface area contributed by atoms with Crippen molar-refractivity contribution in [1.29, 1.82) is 0 Å². The van der Waals surface area contributed by atoms with Crippen molar-refractivity contribution in [3.63, 3.8) is 0 Å². The standard InChI is InChI=1S/C19H14FN5O2/c1-10-5-7-13(8-6-10)25-18-15(23-19(25)27)14(16(21)26)22-17(24-18)11-3-2-4-12(20)9-11/h2-9H,1H3,(H2,21,26)(H,23,27). The summed E-state index contributed by atoms with van der Waals surface area (Å²) in [6.45, 7) is 1.93. The molecule has 0 spiro atoms. The summed E-state index contributed by atoms with van der Waals surface area (Å²) < 4.78 is 14.9. The van der Waals surface area contributed by atoms with Gasteiger partial charge in [-0.15, -0.1) is 0 Å². The Kier molecular flexibility index (Phi) is 3.80. The molecular formula is C19H14FN5O2. The van der Waals surface area contributed by atoms with Crippen LogP contribution in [0, 0.1) is 12.7 Å². The molecule has 0 aliphatic heterocycles. The van der Waals surface area contributed by atoms with Gasteiger partial charge in [0.1, 0.15) is 11.3 Å². The molecule has 0 aliphatic rings. The number of nitrogens with zero attached hydrogens (tertiary/aromatic N) is 3. The van der Waals surface area contributed by atoms with Gasteiger partial charge in [0.15, 0.2) is 17.2 Å². The van der Waals surface area contributed by atoms with Crippen LogP contribution in [-0.4, -0.2) is 25.4 Å². The number of carbonyl (C=O) groups is 1. The van der Waals surface area contributed by atoms with E-state index in [2.05, 4.69) is 15.0 Å². The summed E-state index contributed by atoms with van der Waals surface area (Å²) in [4.78, 5) is 35.5. The van der Waals surface area contributed by atoms with Crippen LogP contribution >= 0.6 is 0 Å². The van der Waals surface area contributed by atoms with Gasteiger partial charge >= 0.3 is 5.69 Å². The Bertz CT molecular complexity index is 1240. The van der Waals surface area contributed by atoms with Crippen molar-refractivity contribution in [3.05, 3.63) is 76.1 Å². The molecule has 0 unspecified atom stereocenters. The first-order chi connectivity index (χ1) is 12.9. The maximum atomic E-state index is 13.6. The van der Waals surface area contributed by atoms with Gasteiger partial charge in [-0.05, 0) is 31.2 Å². The number of primary amides is 1. The molecule has 1 amide bonds. The van der Waals surface area contributed by atoms with Gasteiger partial charge in [0.25, 0.3) is 5.91 Å². The van der Waals surface area contributed by atoms with Crippen molar-refractivity contribution >= 4 is 17.1 Å². The van der Waals surface area contributed by atoms with Gasteiger partial charge in [0.05, 0.1) is 5.69 Å². The molecule has 0 saturated heterocycles. The summed E-state index contributed by atoms with van der Waals surface area (Å²) in [7, 11) is 0. The van der Waals surface area contributed by atoms with Gasteiger partial charge in [0.2, 0.25) is 0 Å². The molecule has 2 aromatic heterocycles. The number of H-pyrrole nitrogens is 1. The quantitative estimate of drug-likeness (QED) is 0.582. The number of aromatic nitrogens is 4. The average molecular weight is 363 g/mol. The Labute approximate surface area is 152 Å². The number of hydrogen-bond acceptors (Lipinski definition) is 4. The van der Waals surface area contributed by atoms with Crippen LogP contribution < -0.4 is 11.4 Å². The number of nitrogens with one attached hydrogen (secondary N) is 1. The first-order valence-electron chi connectivity index (χ1n) is 8.09. The van der Waals surface area contributed by atoms with E-state index < -0.39 is 17.4 Å². The second kappa shape index (κ2) is 6.17. The van der Waals surface area contributed by atoms with Crippen molar-refractivity contribution in [3.8, 4) is 17.1 Å². The molecule has 0 bridgehead atoms. The third-order valence-corrected chi connectivity index (χ3v) is 4.15. The molecule has 0 atom stereocenters. The third-order valence-electron chi connectivity index (χ3n) is 4.15. The number of aryl methyl sites for hydroxylation is 1. The molecule has 2 aromatic carbocycles. The summed E-state index contributed by atoms with van der Waals surface area (Å²) in [6.07, 6.45) is 0. The van der Waals surface area contributed by atoms with Crippen LogP contribution in [0.1, 0.15) is 16.1 Å². The first kappa shape index (κ1) is 16.6. The van der Waals surface area contributed by atoms with Crippen LogP contribution in [-0.2, 0) is 0 Å². The largest absolute Gasteiger partial charge is 0.364 e. The minimum atomic E-state index is -0.822. The molecule has 0 saturated carbocycles. The highest BCUT2D eigenvalue weighted by Gasteiger charge is 2.20. The number of fused-ring (bicyclic) bond motifs is 1. The number of nitrogens with two attached hydrogens (primary N) is 1. The summed E-state index contributed by atoms with van der Waals surface area (Å²) in [5.41, 5.74) is 7.10. The molecular weight excluding hydrogens is 349 g/mol. The summed E-state index contributed by atoms with van der Waals surface area (Å²) in [6, 6.07) is 12.9. The van der Waals surface area contributed by atoms with E-state index in [0.29, 0.717) is 11.3 Å². The zero-order chi connectivity index (χ0) is 19.1. The Balaban J connectivity index is 2.06. The normalized spacial score (nSPS) is 11.0. The summed E-state index contributed by atoms with van der Waals surface area (Å²) >= 11 is 0. The maximum absolute atomic E-state index is 13.6. The molecule has 7 nitrogen and oxygen atoms in total. The van der Waals surface area contributed by atoms with E-state index in [9.17, 15) is 14.0 Å². The number of halogens is 1. The van der Waals surface area contributed by atoms with Crippen LogP contribution in [0.15, 0.2) is 53.3 Å². The molecule has 4 aromatic rings. The van der Waals surface area contributed by atoms with E-state index in [-0.39, 0.29) is 22.7 Å². The lowest BCUT2D eigenvalue weighted by molar-refractivity contribution is 0.0997. The van der Waals surface area contributed by atoms with Gasteiger partial charge in [-0.2, -0.15) is 0 Å². The molecule has 8 heteroatoms. The fourth-order valence-corrected chi connectivity index (χ4v) is 2.85.